The minimum absolute atomic E-state index is 0.172. The number of hydrogen-bond donors (Lipinski definition) is 2. The highest BCUT2D eigenvalue weighted by Gasteiger charge is 2.15. The molecule has 0 spiro atoms. The van der Waals surface area contributed by atoms with Crippen LogP contribution in [-0.4, -0.2) is 28.7 Å². The normalized spacial score (nSPS) is 11.1. The zero-order valence-corrected chi connectivity index (χ0v) is 16.8. The number of amides is 1. The van der Waals surface area contributed by atoms with Gasteiger partial charge in [0.05, 0.1) is 18.6 Å². The van der Waals surface area contributed by atoms with Crippen LogP contribution < -0.4 is 20.2 Å². The number of halogens is 2. The van der Waals surface area contributed by atoms with E-state index in [1.807, 2.05) is 6.92 Å². The highest BCUT2D eigenvalue weighted by atomic mass is 19.1. The monoisotopic (exact) mass is 440 g/mol. The van der Waals surface area contributed by atoms with E-state index < -0.39 is 28.7 Å². The van der Waals surface area contributed by atoms with Gasteiger partial charge in [-0.15, -0.1) is 0 Å². The van der Waals surface area contributed by atoms with Crippen LogP contribution in [0.15, 0.2) is 71.0 Å². The van der Waals surface area contributed by atoms with Crippen molar-refractivity contribution < 1.29 is 23.0 Å². The SMILES string of the molecule is CCOc1cc(N=C/C=C/Oc2c(F)cc(NC(=O)c3c[nH]ccc3=O)cc2F)ccn1. The molecule has 3 rings (SSSR count). The molecule has 0 saturated carbocycles. The molecule has 0 radical (unpaired) electrons. The lowest BCUT2D eigenvalue weighted by molar-refractivity contribution is 0.102. The number of aliphatic imine (C=N–C) groups is 1. The van der Waals surface area contributed by atoms with Crippen LogP contribution >= 0.6 is 0 Å². The van der Waals surface area contributed by atoms with Crippen LogP contribution in [0.4, 0.5) is 20.2 Å². The number of hydrogen-bond acceptors (Lipinski definition) is 6. The van der Waals surface area contributed by atoms with Crippen molar-refractivity contribution in [1.29, 1.82) is 0 Å². The van der Waals surface area contributed by atoms with E-state index in [1.165, 1.54) is 30.9 Å². The molecular formula is C22H18F2N4O4. The number of nitrogens with one attached hydrogen (secondary N) is 2. The summed E-state index contributed by atoms with van der Waals surface area (Å²) < 4.78 is 38.8. The molecule has 3 aromatic rings. The third kappa shape index (κ3) is 5.85. The van der Waals surface area contributed by atoms with Crippen molar-refractivity contribution in [3.63, 3.8) is 0 Å². The number of allylic oxidation sites excluding steroid dienone is 1. The third-order valence-electron chi connectivity index (χ3n) is 3.91. The predicted octanol–water partition coefficient (Wildman–Crippen LogP) is 3.99. The number of nitrogens with zero attached hydrogens (tertiary/aromatic N) is 2. The second-order valence-electron chi connectivity index (χ2n) is 6.16. The Balaban J connectivity index is 1.64. The minimum atomic E-state index is -1.04. The summed E-state index contributed by atoms with van der Waals surface area (Å²) in [7, 11) is 0. The van der Waals surface area contributed by atoms with Crippen LogP contribution in [0.5, 0.6) is 11.6 Å². The van der Waals surface area contributed by atoms with Gasteiger partial charge in [0, 0.05) is 54.8 Å². The van der Waals surface area contributed by atoms with Crippen LogP contribution in [0.3, 0.4) is 0 Å². The predicted molar refractivity (Wildman–Crippen MR) is 115 cm³/mol. The molecule has 1 aromatic carbocycles. The first-order valence-corrected chi connectivity index (χ1v) is 9.40. The molecule has 32 heavy (non-hydrogen) atoms. The zero-order valence-electron chi connectivity index (χ0n) is 16.8. The summed E-state index contributed by atoms with van der Waals surface area (Å²) in [5.41, 5.74) is -0.329. The number of pyridine rings is 2. The molecule has 164 valence electrons. The van der Waals surface area contributed by atoms with Crippen LogP contribution in [0.1, 0.15) is 17.3 Å². The molecule has 2 N–H and O–H groups in total. The molecule has 1 amide bonds. The Hall–Kier alpha value is -4.34. The fourth-order valence-electron chi connectivity index (χ4n) is 2.51. The molecule has 8 nitrogen and oxygen atoms in total. The van der Waals surface area contributed by atoms with Gasteiger partial charge >= 0.3 is 0 Å². The van der Waals surface area contributed by atoms with Crippen molar-refractivity contribution in [1.82, 2.24) is 9.97 Å². The summed E-state index contributed by atoms with van der Waals surface area (Å²) in [6.07, 6.45) is 7.86. The second-order valence-corrected chi connectivity index (χ2v) is 6.16. The Morgan fingerprint density at radius 3 is 2.75 bits per heavy atom. The summed E-state index contributed by atoms with van der Waals surface area (Å²) in [6, 6.07) is 6.20. The van der Waals surface area contributed by atoms with Gasteiger partial charge in [-0.05, 0) is 19.1 Å². The maximum absolute atomic E-state index is 14.3. The van der Waals surface area contributed by atoms with E-state index in [0.717, 1.165) is 24.5 Å². The van der Waals surface area contributed by atoms with Crippen LogP contribution in [0.2, 0.25) is 0 Å². The number of H-pyrrole nitrogens is 1. The fourth-order valence-corrected chi connectivity index (χ4v) is 2.51. The van der Waals surface area contributed by atoms with E-state index in [0.29, 0.717) is 18.2 Å². The Morgan fingerprint density at radius 1 is 1.25 bits per heavy atom. The third-order valence-corrected chi connectivity index (χ3v) is 3.91. The van der Waals surface area contributed by atoms with Crippen molar-refractivity contribution in [2.75, 3.05) is 11.9 Å². The van der Waals surface area contributed by atoms with Crippen LogP contribution in [-0.2, 0) is 0 Å². The van der Waals surface area contributed by atoms with Crippen molar-refractivity contribution in [3.05, 3.63) is 88.7 Å². The molecule has 0 fully saturated rings. The lowest BCUT2D eigenvalue weighted by Gasteiger charge is -2.08. The molecule has 0 saturated heterocycles. The van der Waals surface area contributed by atoms with Gasteiger partial charge in [-0.1, -0.05) is 0 Å². The molecule has 0 aliphatic carbocycles. The van der Waals surface area contributed by atoms with Gasteiger partial charge in [-0.3, -0.25) is 14.6 Å². The van der Waals surface area contributed by atoms with Gasteiger partial charge in [0.2, 0.25) is 5.88 Å². The van der Waals surface area contributed by atoms with E-state index >= 15 is 0 Å². The molecule has 2 aromatic heterocycles. The molecule has 0 unspecified atom stereocenters. The quantitative estimate of drug-likeness (QED) is 0.407. The molecule has 0 aliphatic heterocycles. The Labute approximate surface area is 181 Å². The first-order chi connectivity index (χ1) is 15.5. The van der Waals surface area contributed by atoms with Crippen molar-refractivity contribution in [3.8, 4) is 11.6 Å². The number of carbonyl (C=O) groups excluding carboxylic acids is 1. The van der Waals surface area contributed by atoms with Gasteiger partial charge in [0.25, 0.3) is 5.91 Å². The van der Waals surface area contributed by atoms with Crippen molar-refractivity contribution >= 4 is 23.5 Å². The van der Waals surface area contributed by atoms with Crippen molar-refractivity contribution in [2.45, 2.75) is 6.92 Å². The van der Waals surface area contributed by atoms with E-state index in [1.54, 1.807) is 12.1 Å². The lowest BCUT2D eigenvalue weighted by Crippen LogP contribution is -2.21. The molecule has 10 heteroatoms. The minimum Gasteiger partial charge on any atom is -0.478 e. The summed E-state index contributed by atoms with van der Waals surface area (Å²) in [5.74, 6) is -3.12. The van der Waals surface area contributed by atoms with E-state index in [-0.39, 0.29) is 11.3 Å². The maximum Gasteiger partial charge on any atom is 0.261 e. The number of rotatable bonds is 8. The number of anilines is 1. The Bertz CT molecular complexity index is 1200. The van der Waals surface area contributed by atoms with Crippen LogP contribution in [0, 0.1) is 11.6 Å². The number of ether oxygens (including phenoxy) is 2. The molecular weight excluding hydrogens is 422 g/mol. The Kier molecular flexibility index (Phi) is 7.42. The number of carbonyl (C=O) groups is 1. The van der Waals surface area contributed by atoms with Gasteiger partial charge in [0.1, 0.15) is 5.56 Å². The van der Waals surface area contributed by atoms with E-state index in [2.05, 4.69) is 20.3 Å². The largest absolute Gasteiger partial charge is 0.478 e. The number of aromatic nitrogens is 2. The molecule has 0 aliphatic rings. The second kappa shape index (κ2) is 10.6. The van der Waals surface area contributed by atoms with E-state index in [9.17, 15) is 18.4 Å². The lowest BCUT2D eigenvalue weighted by atomic mass is 10.2. The van der Waals surface area contributed by atoms with Gasteiger partial charge in [-0.2, -0.15) is 0 Å². The van der Waals surface area contributed by atoms with Gasteiger partial charge in [0.15, 0.2) is 22.8 Å². The standard InChI is InChI=1S/C22H18F2N4O4/c1-2-31-20-12-14(4-8-27-20)26-6-3-9-32-21-17(23)10-15(11-18(21)24)28-22(30)16-13-25-7-5-19(16)29/h3-13H,2H2,1H3,(H,25,29)(H,28,30)/b9-3+,26-6?. The average Bonchev–Trinajstić information content (AvgIpc) is 2.76. The van der Waals surface area contributed by atoms with E-state index in [4.69, 9.17) is 9.47 Å². The maximum atomic E-state index is 14.3. The Morgan fingerprint density at radius 2 is 2.03 bits per heavy atom. The molecule has 2 heterocycles. The first-order valence-electron chi connectivity index (χ1n) is 9.40. The van der Waals surface area contributed by atoms with Gasteiger partial charge < -0.3 is 19.8 Å². The zero-order chi connectivity index (χ0) is 22.9. The fraction of sp³-hybridized carbons (Fsp3) is 0.0909. The average molecular weight is 440 g/mol. The summed E-state index contributed by atoms with van der Waals surface area (Å²) in [6.45, 7) is 2.30. The number of aromatic amines is 1. The van der Waals surface area contributed by atoms with Crippen LogP contribution in [0.25, 0.3) is 0 Å². The molecule has 0 bridgehead atoms. The smallest absolute Gasteiger partial charge is 0.261 e. The topological polar surface area (TPSA) is 106 Å². The highest BCUT2D eigenvalue weighted by molar-refractivity contribution is 6.04. The van der Waals surface area contributed by atoms with Gasteiger partial charge in [-0.25, -0.2) is 13.8 Å². The molecule has 0 atom stereocenters. The summed E-state index contributed by atoms with van der Waals surface area (Å²) in [5, 5.41) is 2.27. The number of benzene rings is 1. The highest BCUT2D eigenvalue weighted by Crippen LogP contribution is 2.26. The van der Waals surface area contributed by atoms with Crippen molar-refractivity contribution in [2.24, 2.45) is 4.99 Å². The summed E-state index contributed by atoms with van der Waals surface area (Å²) >= 11 is 0. The summed E-state index contributed by atoms with van der Waals surface area (Å²) in [4.78, 5) is 34.5. The first kappa shape index (κ1) is 22.3.